The second-order valence-corrected chi connectivity index (χ2v) is 5.29. The van der Waals surface area contributed by atoms with Crippen molar-refractivity contribution in [1.29, 1.82) is 0 Å². The standard InChI is InChI=1S/C11H19N3OS/c1-5-6-8(4)9(15)12-11-14-13-10(16-11)7(2)3/h7-8H,5-6H2,1-4H3,(H,12,14,15)/t8-/m0/s1. The summed E-state index contributed by atoms with van der Waals surface area (Å²) >= 11 is 1.45. The average molecular weight is 241 g/mol. The summed E-state index contributed by atoms with van der Waals surface area (Å²) in [5.41, 5.74) is 0. The Kier molecular flexibility index (Phi) is 4.86. The predicted octanol–water partition coefficient (Wildman–Crippen LogP) is 3.04. The van der Waals surface area contributed by atoms with Crippen molar-refractivity contribution in [2.24, 2.45) is 5.92 Å². The van der Waals surface area contributed by atoms with E-state index in [9.17, 15) is 4.79 Å². The van der Waals surface area contributed by atoms with Crippen molar-refractivity contribution in [3.05, 3.63) is 5.01 Å². The Bertz CT molecular complexity index is 349. The minimum absolute atomic E-state index is 0.0355. The zero-order valence-electron chi connectivity index (χ0n) is 10.3. The van der Waals surface area contributed by atoms with Crippen molar-refractivity contribution in [3.63, 3.8) is 0 Å². The molecule has 0 spiro atoms. The number of hydrogen-bond acceptors (Lipinski definition) is 4. The SMILES string of the molecule is CCC[C@H](C)C(=O)Nc1nnc(C(C)C)s1. The van der Waals surface area contributed by atoms with Crippen molar-refractivity contribution < 1.29 is 4.79 Å². The van der Waals surface area contributed by atoms with E-state index >= 15 is 0 Å². The van der Waals surface area contributed by atoms with Gasteiger partial charge in [-0.1, -0.05) is 45.5 Å². The molecule has 0 aliphatic heterocycles. The lowest BCUT2D eigenvalue weighted by atomic mass is 10.1. The van der Waals surface area contributed by atoms with E-state index in [-0.39, 0.29) is 11.8 Å². The summed E-state index contributed by atoms with van der Waals surface area (Å²) in [7, 11) is 0. The quantitative estimate of drug-likeness (QED) is 0.862. The third kappa shape index (κ3) is 3.56. The molecule has 0 fully saturated rings. The van der Waals surface area contributed by atoms with Crippen LogP contribution in [0.2, 0.25) is 0 Å². The van der Waals surface area contributed by atoms with Crippen LogP contribution in [0.5, 0.6) is 0 Å². The van der Waals surface area contributed by atoms with Crippen LogP contribution in [0.1, 0.15) is 51.5 Å². The first-order valence-corrected chi connectivity index (χ1v) is 6.50. The van der Waals surface area contributed by atoms with E-state index in [1.807, 2.05) is 6.92 Å². The normalized spacial score (nSPS) is 12.8. The number of carbonyl (C=O) groups is 1. The lowest BCUT2D eigenvalue weighted by Crippen LogP contribution is -2.20. The lowest BCUT2D eigenvalue weighted by molar-refractivity contribution is -0.119. The molecule has 1 amide bonds. The lowest BCUT2D eigenvalue weighted by Gasteiger charge is -2.07. The van der Waals surface area contributed by atoms with Crippen LogP contribution < -0.4 is 5.32 Å². The van der Waals surface area contributed by atoms with Gasteiger partial charge in [-0.3, -0.25) is 4.79 Å². The largest absolute Gasteiger partial charge is 0.300 e. The maximum absolute atomic E-state index is 11.7. The third-order valence-electron chi connectivity index (χ3n) is 2.33. The zero-order chi connectivity index (χ0) is 12.1. The molecule has 0 aliphatic carbocycles. The van der Waals surface area contributed by atoms with Gasteiger partial charge >= 0.3 is 0 Å². The van der Waals surface area contributed by atoms with Crippen LogP contribution in [-0.4, -0.2) is 16.1 Å². The highest BCUT2D eigenvalue weighted by atomic mass is 32.1. The van der Waals surface area contributed by atoms with Gasteiger partial charge in [0.15, 0.2) is 0 Å². The van der Waals surface area contributed by atoms with E-state index in [1.165, 1.54) is 11.3 Å². The summed E-state index contributed by atoms with van der Waals surface area (Å²) in [5.74, 6) is 0.431. The van der Waals surface area contributed by atoms with Crippen molar-refractivity contribution in [2.45, 2.75) is 46.5 Å². The van der Waals surface area contributed by atoms with Gasteiger partial charge in [0.05, 0.1) is 0 Å². The smallest absolute Gasteiger partial charge is 0.229 e. The van der Waals surface area contributed by atoms with Gasteiger partial charge in [0.2, 0.25) is 11.0 Å². The molecule has 1 aromatic heterocycles. The first-order valence-electron chi connectivity index (χ1n) is 5.68. The monoisotopic (exact) mass is 241 g/mol. The number of amides is 1. The Hall–Kier alpha value is -0.970. The molecular formula is C11H19N3OS. The van der Waals surface area contributed by atoms with E-state index in [2.05, 4.69) is 36.3 Å². The molecule has 1 N–H and O–H groups in total. The van der Waals surface area contributed by atoms with Crippen LogP contribution in [0.15, 0.2) is 0 Å². The second-order valence-electron chi connectivity index (χ2n) is 4.28. The predicted molar refractivity (Wildman–Crippen MR) is 66.7 cm³/mol. The van der Waals surface area contributed by atoms with Crippen molar-refractivity contribution in [1.82, 2.24) is 10.2 Å². The van der Waals surface area contributed by atoms with Gasteiger partial charge in [0.1, 0.15) is 5.01 Å². The van der Waals surface area contributed by atoms with Crippen LogP contribution in [0, 0.1) is 5.92 Å². The average Bonchev–Trinajstić information content (AvgIpc) is 2.66. The van der Waals surface area contributed by atoms with E-state index < -0.39 is 0 Å². The third-order valence-corrected chi connectivity index (χ3v) is 3.47. The van der Waals surface area contributed by atoms with E-state index in [0.717, 1.165) is 17.8 Å². The van der Waals surface area contributed by atoms with Crippen molar-refractivity contribution in [2.75, 3.05) is 5.32 Å². The van der Waals surface area contributed by atoms with Gasteiger partial charge in [0.25, 0.3) is 0 Å². The van der Waals surface area contributed by atoms with Gasteiger partial charge in [-0.2, -0.15) is 0 Å². The van der Waals surface area contributed by atoms with Crippen molar-refractivity contribution >= 4 is 22.4 Å². The summed E-state index contributed by atoms with van der Waals surface area (Å²) in [6.07, 6.45) is 1.92. The molecular weight excluding hydrogens is 222 g/mol. The minimum atomic E-state index is 0.0355. The van der Waals surface area contributed by atoms with Crippen LogP contribution >= 0.6 is 11.3 Å². The zero-order valence-corrected chi connectivity index (χ0v) is 11.1. The number of nitrogens with zero attached hydrogens (tertiary/aromatic N) is 2. The Morgan fingerprint density at radius 1 is 1.38 bits per heavy atom. The van der Waals surface area contributed by atoms with Gasteiger partial charge < -0.3 is 5.32 Å². The molecule has 0 unspecified atom stereocenters. The highest BCUT2D eigenvalue weighted by Gasteiger charge is 2.14. The fourth-order valence-electron chi connectivity index (χ4n) is 1.31. The Morgan fingerprint density at radius 3 is 2.56 bits per heavy atom. The highest BCUT2D eigenvalue weighted by molar-refractivity contribution is 7.15. The van der Waals surface area contributed by atoms with Gasteiger partial charge in [0, 0.05) is 11.8 Å². The molecule has 0 saturated heterocycles. The minimum Gasteiger partial charge on any atom is -0.300 e. The number of hydrogen-bond donors (Lipinski definition) is 1. The maximum atomic E-state index is 11.7. The summed E-state index contributed by atoms with van der Waals surface area (Å²) in [6, 6.07) is 0. The fourth-order valence-corrected chi connectivity index (χ4v) is 2.06. The molecule has 90 valence electrons. The number of anilines is 1. The Balaban J connectivity index is 2.56. The van der Waals surface area contributed by atoms with Crippen LogP contribution in [0.4, 0.5) is 5.13 Å². The summed E-state index contributed by atoms with van der Waals surface area (Å²) < 4.78 is 0. The molecule has 1 rings (SSSR count). The van der Waals surface area contributed by atoms with Gasteiger partial charge in [-0.05, 0) is 6.42 Å². The molecule has 0 radical (unpaired) electrons. The molecule has 0 aliphatic rings. The topological polar surface area (TPSA) is 54.9 Å². The van der Waals surface area contributed by atoms with Crippen molar-refractivity contribution in [3.8, 4) is 0 Å². The maximum Gasteiger partial charge on any atom is 0.229 e. The van der Waals surface area contributed by atoms with E-state index in [4.69, 9.17) is 0 Å². The number of aromatic nitrogens is 2. The van der Waals surface area contributed by atoms with Gasteiger partial charge in [-0.15, -0.1) is 10.2 Å². The molecule has 5 heteroatoms. The second kappa shape index (κ2) is 5.94. The Labute approximate surface area is 100 Å². The number of rotatable bonds is 5. The van der Waals surface area contributed by atoms with Crippen LogP contribution in [0.25, 0.3) is 0 Å². The molecule has 1 atom stereocenters. The highest BCUT2D eigenvalue weighted by Crippen LogP contribution is 2.23. The first kappa shape index (κ1) is 13.1. The fraction of sp³-hybridized carbons (Fsp3) is 0.727. The molecule has 4 nitrogen and oxygen atoms in total. The molecule has 1 aromatic rings. The Morgan fingerprint density at radius 2 is 2.06 bits per heavy atom. The summed E-state index contributed by atoms with van der Waals surface area (Å²) in [5, 5.41) is 12.4. The van der Waals surface area contributed by atoms with Gasteiger partial charge in [-0.25, -0.2) is 0 Å². The number of carbonyl (C=O) groups excluding carboxylic acids is 1. The molecule has 0 saturated carbocycles. The first-order chi connectivity index (χ1) is 7.54. The summed E-state index contributed by atoms with van der Waals surface area (Å²) in [6.45, 7) is 8.13. The summed E-state index contributed by atoms with van der Waals surface area (Å²) in [4.78, 5) is 11.7. The molecule has 16 heavy (non-hydrogen) atoms. The molecule has 0 bridgehead atoms. The van der Waals surface area contributed by atoms with E-state index in [0.29, 0.717) is 11.0 Å². The van der Waals surface area contributed by atoms with Crippen LogP contribution in [0.3, 0.4) is 0 Å². The molecule has 0 aromatic carbocycles. The molecule has 1 heterocycles. The van der Waals surface area contributed by atoms with E-state index in [1.54, 1.807) is 0 Å². The van der Waals surface area contributed by atoms with Crippen LogP contribution in [-0.2, 0) is 4.79 Å². The number of nitrogens with one attached hydrogen (secondary N) is 1.